The third-order valence-corrected chi connectivity index (χ3v) is 2.44. The van der Waals surface area contributed by atoms with Crippen LogP contribution in [0.25, 0.3) is 11.3 Å². The smallest absolute Gasteiger partial charge is 0.464 e. The molecule has 3 nitrogen and oxygen atoms in total. The standard InChI is InChI=1S/C11H11BO3/c1-8-9(11-6-3-7-15-11)4-2-5-10(8)12(13)14/h2-7,13-14H,1H3. The highest BCUT2D eigenvalue weighted by atomic mass is 16.4. The van der Waals surface area contributed by atoms with Crippen molar-refractivity contribution in [3.8, 4) is 11.3 Å². The highest BCUT2D eigenvalue weighted by molar-refractivity contribution is 6.59. The average Bonchev–Trinajstić information content (AvgIpc) is 2.70. The monoisotopic (exact) mass is 202 g/mol. The van der Waals surface area contributed by atoms with Crippen LogP contribution in [0.1, 0.15) is 5.56 Å². The number of rotatable bonds is 2. The summed E-state index contributed by atoms with van der Waals surface area (Å²) in [5.41, 5.74) is 2.21. The van der Waals surface area contributed by atoms with E-state index in [2.05, 4.69) is 0 Å². The van der Waals surface area contributed by atoms with Crippen LogP contribution in [-0.4, -0.2) is 17.2 Å². The van der Waals surface area contributed by atoms with Gasteiger partial charge in [0.25, 0.3) is 0 Å². The summed E-state index contributed by atoms with van der Waals surface area (Å²) in [6, 6.07) is 9.00. The second kappa shape index (κ2) is 3.92. The molecule has 0 amide bonds. The molecule has 0 saturated carbocycles. The van der Waals surface area contributed by atoms with E-state index in [1.54, 1.807) is 24.5 Å². The molecule has 15 heavy (non-hydrogen) atoms. The normalized spacial score (nSPS) is 10.3. The first-order chi connectivity index (χ1) is 7.20. The predicted molar refractivity (Wildman–Crippen MR) is 58.7 cm³/mol. The summed E-state index contributed by atoms with van der Waals surface area (Å²) < 4.78 is 5.27. The summed E-state index contributed by atoms with van der Waals surface area (Å²) in [5.74, 6) is 0.731. The highest BCUT2D eigenvalue weighted by Crippen LogP contribution is 2.22. The molecule has 2 aromatic rings. The number of furan rings is 1. The van der Waals surface area contributed by atoms with Crippen LogP contribution in [0, 0.1) is 6.92 Å². The molecule has 0 fully saturated rings. The minimum absolute atomic E-state index is 0.504. The van der Waals surface area contributed by atoms with E-state index in [0.29, 0.717) is 5.46 Å². The van der Waals surface area contributed by atoms with Crippen molar-refractivity contribution >= 4 is 12.6 Å². The van der Waals surface area contributed by atoms with Crippen LogP contribution in [0.4, 0.5) is 0 Å². The molecule has 0 bridgehead atoms. The molecule has 76 valence electrons. The fraction of sp³-hybridized carbons (Fsp3) is 0.0909. The number of benzene rings is 1. The summed E-state index contributed by atoms with van der Waals surface area (Å²) in [6.07, 6.45) is 1.59. The van der Waals surface area contributed by atoms with E-state index in [4.69, 9.17) is 14.5 Å². The summed E-state index contributed by atoms with van der Waals surface area (Å²) in [5, 5.41) is 18.3. The fourth-order valence-corrected chi connectivity index (χ4v) is 1.63. The van der Waals surface area contributed by atoms with Crippen molar-refractivity contribution in [3.63, 3.8) is 0 Å². The molecule has 0 spiro atoms. The van der Waals surface area contributed by atoms with Gasteiger partial charge in [-0.25, -0.2) is 0 Å². The van der Waals surface area contributed by atoms with Gasteiger partial charge >= 0.3 is 7.12 Å². The zero-order valence-corrected chi connectivity index (χ0v) is 8.34. The zero-order chi connectivity index (χ0) is 10.8. The van der Waals surface area contributed by atoms with E-state index in [1.807, 2.05) is 19.1 Å². The van der Waals surface area contributed by atoms with Crippen molar-refractivity contribution < 1.29 is 14.5 Å². The molecule has 0 saturated heterocycles. The Bertz CT molecular complexity index is 449. The van der Waals surface area contributed by atoms with Gasteiger partial charge in [-0.05, 0) is 30.1 Å². The van der Waals surface area contributed by atoms with E-state index >= 15 is 0 Å². The third kappa shape index (κ3) is 1.82. The third-order valence-electron chi connectivity index (χ3n) is 2.44. The van der Waals surface area contributed by atoms with Crippen molar-refractivity contribution in [1.29, 1.82) is 0 Å². The molecule has 0 aliphatic rings. The summed E-state index contributed by atoms with van der Waals surface area (Å²) in [7, 11) is -1.44. The Morgan fingerprint density at radius 1 is 1.13 bits per heavy atom. The molecule has 0 atom stereocenters. The van der Waals surface area contributed by atoms with Crippen molar-refractivity contribution in [2.24, 2.45) is 0 Å². The largest absolute Gasteiger partial charge is 0.488 e. The van der Waals surface area contributed by atoms with E-state index in [-0.39, 0.29) is 0 Å². The average molecular weight is 202 g/mol. The molecule has 0 radical (unpaired) electrons. The van der Waals surface area contributed by atoms with Gasteiger partial charge in [-0.1, -0.05) is 18.2 Å². The lowest BCUT2D eigenvalue weighted by atomic mass is 9.76. The SMILES string of the molecule is Cc1c(B(O)O)cccc1-c1ccco1. The minimum atomic E-state index is -1.44. The number of hydrogen-bond donors (Lipinski definition) is 2. The van der Waals surface area contributed by atoms with Gasteiger partial charge in [-0.3, -0.25) is 0 Å². The van der Waals surface area contributed by atoms with Gasteiger partial charge in [0.2, 0.25) is 0 Å². The Labute approximate surface area is 88.1 Å². The lowest BCUT2D eigenvalue weighted by molar-refractivity contribution is 0.425. The van der Waals surface area contributed by atoms with E-state index < -0.39 is 7.12 Å². The lowest BCUT2D eigenvalue weighted by Gasteiger charge is -2.08. The van der Waals surface area contributed by atoms with Crippen molar-refractivity contribution in [1.82, 2.24) is 0 Å². The van der Waals surface area contributed by atoms with Gasteiger partial charge in [0.1, 0.15) is 5.76 Å². The molecule has 0 aliphatic heterocycles. The highest BCUT2D eigenvalue weighted by Gasteiger charge is 2.16. The van der Waals surface area contributed by atoms with Gasteiger partial charge in [-0.2, -0.15) is 0 Å². The molecule has 1 aromatic carbocycles. The predicted octanol–water partition coefficient (Wildman–Crippen LogP) is 0.935. The van der Waals surface area contributed by atoms with E-state index in [0.717, 1.165) is 16.9 Å². The molecular formula is C11H11BO3. The van der Waals surface area contributed by atoms with Crippen LogP contribution in [0.3, 0.4) is 0 Å². The maximum atomic E-state index is 9.15. The summed E-state index contributed by atoms with van der Waals surface area (Å²) in [6.45, 7) is 1.84. The minimum Gasteiger partial charge on any atom is -0.464 e. The van der Waals surface area contributed by atoms with Crippen LogP contribution >= 0.6 is 0 Å². The zero-order valence-electron chi connectivity index (χ0n) is 8.34. The second-order valence-electron chi connectivity index (χ2n) is 3.37. The van der Waals surface area contributed by atoms with E-state index in [9.17, 15) is 0 Å². The molecule has 2 N–H and O–H groups in total. The van der Waals surface area contributed by atoms with Crippen LogP contribution in [0.15, 0.2) is 41.0 Å². The van der Waals surface area contributed by atoms with Crippen LogP contribution in [0.2, 0.25) is 0 Å². The fourth-order valence-electron chi connectivity index (χ4n) is 1.63. The van der Waals surface area contributed by atoms with Crippen molar-refractivity contribution in [2.75, 3.05) is 0 Å². The Morgan fingerprint density at radius 2 is 1.93 bits per heavy atom. The van der Waals surface area contributed by atoms with Crippen LogP contribution < -0.4 is 5.46 Å². The maximum Gasteiger partial charge on any atom is 0.488 e. The summed E-state index contributed by atoms with van der Waals surface area (Å²) in [4.78, 5) is 0. The first-order valence-corrected chi connectivity index (χ1v) is 4.69. The molecule has 2 rings (SSSR count). The Hall–Kier alpha value is -1.52. The van der Waals surface area contributed by atoms with Crippen molar-refractivity contribution in [3.05, 3.63) is 42.2 Å². The topological polar surface area (TPSA) is 53.6 Å². The van der Waals surface area contributed by atoms with Gasteiger partial charge in [0.05, 0.1) is 6.26 Å². The van der Waals surface area contributed by atoms with Gasteiger partial charge in [0.15, 0.2) is 0 Å². The Morgan fingerprint density at radius 3 is 2.53 bits per heavy atom. The lowest BCUT2D eigenvalue weighted by Crippen LogP contribution is -2.32. The quantitative estimate of drug-likeness (QED) is 0.712. The van der Waals surface area contributed by atoms with Gasteiger partial charge in [0, 0.05) is 5.56 Å². The Kier molecular flexibility index (Phi) is 2.62. The maximum absolute atomic E-state index is 9.15. The van der Waals surface area contributed by atoms with Crippen LogP contribution in [0.5, 0.6) is 0 Å². The molecule has 0 unspecified atom stereocenters. The second-order valence-corrected chi connectivity index (χ2v) is 3.37. The van der Waals surface area contributed by atoms with E-state index in [1.165, 1.54) is 0 Å². The number of hydrogen-bond acceptors (Lipinski definition) is 3. The molecule has 1 aromatic heterocycles. The first kappa shape index (κ1) is 10.0. The molecule has 4 heteroatoms. The van der Waals surface area contributed by atoms with Crippen molar-refractivity contribution in [2.45, 2.75) is 6.92 Å². The van der Waals surface area contributed by atoms with Gasteiger partial charge < -0.3 is 14.5 Å². The van der Waals surface area contributed by atoms with Gasteiger partial charge in [-0.15, -0.1) is 0 Å². The molecule has 0 aliphatic carbocycles. The Balaban J connectivity index is 2.54. The first-order valence-electron chi connectivity index (χ1n) is 4.69. The summed E-state index contributed by atoms with van der Waals surface area (Å²) >= 11 is 0. The molecular weight excluding hydrogens is 191 g/mol. The molecule has 1 heterocycles. The van der Waals surface area contributed by atoms with Crippen LogP contribution in [-0.2, 0) is 0 Å².